The highest BCUT2D eigenvalue weighted by Gasteiger charge is 2.47. The molecule has 3 nitrogen and oxygen atoms in total. The van der Waals surface area contributed by atoms with Gasteiger partial charge in [-0.15, -0.1) is 0 Å². The maximum absolute atomic E-state index is 12.0. The highest BCUT2D eigenvalue weighted by molar-refractivity contribution is 5.79. The van der Waals surface area contributed by atoms with E-state index in [-0.39, 0.29) is 18.4 Å². The molecule has 3 rings (SSSR count). The third kappa shape index (κ3) is 2.41. The normalized spacial score (nSPS) is 28.8. The number of amides is 1. The lowest BCUT2D eigenvalue weighted by atomic mass is 10.0. The Morgan fingerprint density at radius 3 is 2.33 bits per heavy atom. The highest BCUT2D eigenvalue weighted by atomic mass is 16.3. The van der Waals surface area contributed by atoms with Crippen molar-refractivity contribution in [3.8, 4) is 0 Å². The number of carbonyl (C=O) groups excluding carboxylic acids is 1. The fraction of sp³-hybridized carbons (Fsp3) is 0.533. The predicted molar refractivity (Wildman–Crippen MR) is 68.5 cm³/mol. The van der Waals surface area contributed by atoms with Crippen molar-refractivity contribution in [2.75, 3.05) is 0 Å². The van der Waals surface area contributed by atoms with Crippen LogP contribution in [-0.4, -0.2) is 11.0 Å². The molecule has 0 radical (unpaired) electrons. The SMILES string of the molecule is O=C(NCc1ccc(CO)cc1)C1CC2CC2C1. The van der Waals surface area contributed by atoms with Gasteiger partial charge in [0.25, 0.3) is 0 Å². The van der Waals surface area contributed by atoms with Gasteiger partial charge in [0, 0.05) is 12.5 Å². The zero-order valence-corrected chi connectivity index (χ0v) is 10.4. The minimum atomic E-state index is 0.0670. The molecule has 0 bridgehead atoms. The summed E-state index contributed by atoms with van der Waals surface area (Å²) in [7, 11) is 0. The molecule has 0 heterocycles. The molecule has 2 aliphatic carbocycles. The summed E-state index contributed by atoms with van der Waals surface area (Å²) < 4.78 is 0. The number of hydrogen-bond acceptors (Lipinski definition) is 2. The maximum atomic E-state index is 12.0. The minimum absolute atomic E-state index is 0.0670. The van der Waals surface area contributed by atoms with Gasteiger partial charge in [0.15, 0.2) is 0 Å². The van der Waals surface area contributed by atoms with E-state index in [9.17, 15) is 4.79 Å². The molecule has 1 aromatic carbocycles. The van der Waals surface area contributed by atoms with Crippen molar-refractivity contribution >= 4 is 5.91 Å². The van der Waals surface area contributed by atoms with Crippen molar-refractivity contribution in [2.45, 2.75) is 32.4 Å². The van der Waals surface area contributed by atoms with Gasteiger partial charge in [0.05, 0.1) is 6.61 Å². The zero-order valence-electron chi connectivity index (χ0n) is 10.4. The Kier molecular flexibility index (Phi) is 3.08. The van der Waals surface area contributed by atoms with Crippen molar-refractivity contribution in [1.82, 2.24) is 5.32 Å². The molecule has 2 atom stereocenters. The van der Waals surface area contributed by atoms with Crippen molar-refractivity contribution < 1.29 is 9.90 Å². The first-order valence-electron chi connectivity index (χ1n) is 6.72. The van der Waals surface area contributed by atoms with Crippen LogP contribution >= 0.6 is 0 Å². The van der Waals surface area contributed by atoms with Gasteiger partial charge in [-0.25, -0.2) is 0 Å². The Balaban J connectivity index is 1.49. The number of nitrogens with one attached hydrogen (secondary N) is 1. The van der Waals surface area contributed by atoms with Crippen LogP contribution in [0.15, 0.2) is 24.3 Å². The smallest absolute Gasteiger partial charge is 0.223 e. The molecular formula is C15H19NO2. The van der Waals surface area contributed by atoms with E-state index in [1.807, 2.05) is 24.3 Å². The molecular weight excluding hydrogens is 226 g/mol. The fourth-order valence-corrected chi connectivity index (χ4v) is 3.02. The number of aliphatic hydroxyl groups excluding tert-OH is 1. The van der Waals surface area contributed by atoms with Crippen LogP contribution in [-0.2, 0) is 17.9 Å². The molecule has 0 aliphatic heterocycles. The van der Waals surface area contributed by atoms with Crippen molar-refractivity contribution in [2.24, 2.45) is 17.8 Å². The minimum Gasteiger partial charge on any atom is -0.392 e. The number of hydrogen-bond donors (Lipinski definition) is 2. The predicted octanol–water partition coefficient (Wildman–Crippen LogP) is 1.84. The quantitative estimate of drug-likeness (QED) is 0.850. The first kappa shape index (κ1) is 11.7. The number of benzene rings is 1. The van der Waals surface area contributed by atoms with Gasteiger partial charge in [-0.3, -0.25) is 4.79 Å². The van der Waals surface area contributed by atoms with E-state index >= 15 is 0 Å². The molecule has 96 valence electrons. The molecule has 2 N–H and O–H groups in total. The lowest BCUT2D eigenvalue weighted by molar-refractivity contribution is -0.125. The van der Waals surface area contributed by atoms with Crippen LogP contribution in [0.5, 0.6) is 0 Å². The Labute approximate surface area is 107 Å². The Bertz CT molecular complexity index is 430. The maximum Gasteiger partial charge on any atom is 0.223 e. The fourth-order valence-electron chi connectivity index (χ4n) is 3.02. The van der Waals surface area contributed by atoms with E-state index in [2.05, 4.69) is 5.32 Å². The van der Waals surface area contributed by atoms with Gasteiger partial charge in [-0.1, -0.05) is 24.3 Å². The van der Waals surface area contributed by atoms with Crippen molar-refractivity contribution in [1.29, 1.82) is 0 Å². The molecule has 1 aromatic rings. The summed E-state index contributed by atoms with van der Waals surface area (Å²) in [6.07, 6.45) is 3.55. The van der Waals surface area contributed by atoms with Crippen LogP contribution in [0.1, 0.15) is 30.4 Å². The van der Waals surface area contributed by atoms with Gasteiger partial charge in [0.1, 0.15) is 0 Å². The summed E-state index contributed by atoms with van der Waals surface area (Å²) in [4.78, 5) is 12.0. The van der Waals surface area contributed by atoms with Gasteiger partial charge in [-0.2, -0.15) is 0 Å². The van der Waals surface area contributed by atoms with Crippen LogP contribution in [0.3, 0.4) is 0 Å². The molecule has 0 aromatic heterocycles. The largest absolute Gasteiger partial charge is 0.392 e. The van der Waals surface area contributed by atoms with E-state index in [1.165, 1.54) is 6.42 Å². The molecule has 0 spiro atoms. The van der Waals surface area contributed by atoms with E-state index in [0.717, 1.165) is 35.8 Å². The Morgan fingerprint density at radius 2 is 1.72 bits per heavy atom. The molecule has 2 fully saturated rings. The Morgan fingerprint density at radius 1 is 1.11 bits per heavy atom. The average Bonchev–Trinajstić information content (AvgIpc) is 3.03. The second-order valence-corrected chi connectivity index (χ2v) is 5.62. The summed E-state index contributed by atoms with van der Waals surface area (Å²) >= 11 is 0. The third-order valence-electron chi connectivity index (χ3n) is 4.29. The highest BCUT2D eigenvalue weighted by Crippen LogP contribution is 2.54. The molecule has 0 saturated heterocycles. The average molecular weight is 245 g/mol. The molecule has 3 heteroatoms. The van der Waals surface area contributed by atoms with Gasteiger partial charge in [-0.05, 0) is 42.2 Å². The molecule has 2 aliphatic rings. The van der Waals surface area contributed by atoms with Crippen LogP contribution in [0.4, 0.5) is 0 Å². The van der Waals surface area contributed by atoms with Crippen molar-refractivity contribution in [3.63, 3.8) is 0 Å². The summed E-state index contributed by atoms with van der Waals surface area (Å²) in [5.41, 5.74) is 1.99. The van der Waals surface area contributed by atoms with Gasteiger partial charge in [0.2, 0.25) is 5.91 Å². The van der Waals surface area contributed by atoms with Crippen LogP contribution in [0.2, 0.25) is 0 Å². The van der Waals surface area contributed by atoms with Crippen LogP contribution < -0.4 is 5.32 Å². The van der Waals surface area contributed by atoms with Gasteiger partial charge < -0.3 is 10.4 Å². The van der Waals surface area contributed by atoms with E-state index in [1.54, 1.807) is 0 Å². The summed E-state index contributed by atoms with van der Waals surface area (Å²) in [5.74, 6) is 2.17. The molecule has 2 unspecified atom stereocenters. The Hall–Kier alpha value is -1.35. The third-order valence-corrected chi connectivity index (χ3v) is 4.29. The monoisotopic (exact) mass is 245 g/mol. The number of fused-ring (bicyclic) bond motifs is 1. The first-order chi connectivity index (χ1) is 8.76. The van der Waals surface area contributed by atoms with Crippen molar-refractivity contribution in [3.05, 3.63) is 35.4 Å². The molecule has 2 saturated carbocycles. The lowest BCUT2D eigenvalue weighted by Crippen LogP contribution is -2.29. The number of carbonyl (C=O) groups is 1. The van der Waals surface area contributed by atoms with E-state index in [4.69, 9.17) is 5.11 Å². The standard InChI is InChI=1S/C15H19NO2/c17-9-11-3-1-10(2-4-11)8-16-15(18)14-6-12-5-13(12)7-14/h1-4,12-14,17H,5-9H2,(H,16,18). The number of rotatable bonds is 4. The first-order valence-corrected chi connectivity index (χ1v) is 6.72. The summed E-state index contributed by atoms with van der Waals surface area (Å²) in [6.45, 7) is 0.661. The second kappa shape index (κ2) is 4.73. The summed E-state index contributed by atoms with van der Waals surface area (Å²) in [6, 6.07) is 7.70. The zero-order chi connectivity index (χ0) is 12.5. The number of aliphatic hydroxyl groups is 1. The van der Waals surface area contributed by atoms with Crippen LogP contribution in [0.25, 0.3) is 0 Å². The van der Waals surface area contributed by atoms with Crippen LogP contribution in [0, 0.1) is 17.8 Å². The second-order valence-electron chi connectivity index (χ2n) is 5.62. The molecule has 18 heavy (non-hydrogen) atoms. The van der Waals surface area contributed by atoms with E-state index in [0.29, 0.717) is 6.54 Å². The lowest BCUT2D eigenvalue weighted by Gasteiger charge is -2.12. The molecule has 1 amide bonds. The van der Waals surface area contributed by atoms with E-state index < -0.39 is 0 Å². The van der Waals surface area contributed by atoms with Gasteiger partial charge >= 0.3 is 0 Å². The summed E-state index contributed by atoms with van der Waals surface area (Å²) in [5, 5.41) is 12.0. The topological polar surface area (TPSA) is 49.3 Å².